The molecule has 5 rings (SSSR count). The largest absolute Gasteiger partial charge is 0.497 e. The summed E-state index contributed by atoms with van der Waals surface area (Å²) in [6.07, 6.45) is -1.23. The van der Waals surface area contributed by atoms with Crippen molar-refractivity contribution in [1.82, 2.24) is 20.1 Å². The van der Waals surface area contributed by atoms with E-state index in [0.717, 1.165) is 0 Å². The monoisotopic (exact) mass is 581 g/mol. The number of alkyl halides is 3. The Morgan fingerprint density at radius 3 is 2.49 bits per heavy atom. The van der Waals surface area contributed by atoms with Crippen LogP contribution in [-0.2, 0) is 15.0 Å². The Bertz CT molecular complexity index is 1280. The molecule has 2 N–H and O–H groups in total. The highest BCUT2D eigenvalue weighted by molar-refractivity contribution is 8.93. The van der Waals surface area contributed by atoms with Gasteiger partial charge in [0.05, 0.1) is 30.8 Å². The third kappa shape index (κ3) is 5.16. The lowest BCUT2D eigenvalue weighted by molar-refractivity contribution is -0.146. The van der Waals surface area contributed by atoms with E-state index in [2.05, 4.69) is 20.5 Å². The number of pyridine rings is 1. The molecule has 0 bridgehead atoms. The van der Waals surface area contributed by atoms with Crippen LogP contribution in [0.1, 0.15) is 37.7 Å². The van der Waals surface area contributed by atoms with E-state index in [4.69, 9.17) is 4.74 Å². The molecule has 2 aliphatic rings. The van der Waals surface area contributed by atoms with Gasteiger partial charge in [0.25, 0.3) is 0 Å². The number of benzene rings is 1. The van der Waals surface area contributed by atoms with Crippen LogP contribution in [-0.4, -0.2) is 63.7 Å². The number of carbonyl (C=O) groups excluding carboxylic acids is 2. The van der Waals surface area contributed by atoms with Gasteiger partial charge in [-0.05, 0) is 42.7 Å². The van der Waals surface area contributed by atoms with Gasteiger partial charge >= 0.3 is 0 Å². The minimum Gasteiger partial charge on any atom is -0.497 e. The summed E-state index contributed by atoms with van der Waals surface area (Å²) in [6, 6.07) is 8.88. The van der Waals surface area contributed by atoms with E-state index < -0.39 is 48.2 Å². The summed E-state index contributed by atoms with van der Waals surface area (Å²) >= 11 is 0. The lowest BCUT2D eigenvalue weighted by atomic mass is 9.67. The van der Waals surface area contributed by atoms with Crippen molar-refractivity contribution in [3.63, 3.8) is 0 Å². The number of anilines is 1. The number of aromatic nitrogens is 3. The fourth-order valence-electron chi connectivity index (χ4n) is 5.22. The van der Waals surface area contributed by atoms with Gasteiger partial charge in [-0.1, -0.05) is 12.1 Å². The molecule has 1 saturated heterocycles. The van der Waals surface area contributed by atoms with Gasteiger partial charge in [0, 0.05) is 19.3 Å². The van der Waals surface area contributed by atoms with Gasteiger partial charge < -0.3 is 15.0 Å². The molecule has 8 nitrogen and oxygen atoms in total. The molecule has 37 heavy (non-hydrogen) atoms. The Labute approximate surface area is 221 Å². The molecule has 2 fully saturated rings. The number of hydrogen-bond donors (Lipinski definition) is 2. The molecular formula is C25H27BrF3N5O3. The Hall–Kier alpha value is -3.15. The van der Waals surface area contributed by atoms with Crippen molar-refractivity contribution >= 4 is 45.6 Å². The van der Waals surface area contributed by atoms with Gasteiger partial charge in [0.2, 0.25) is 17.7 Å². The molecule has 0 radical (unpaired) electrons. The zero-order valence-electron chi connectivity index (χ0n) is 20.0. The number of hydrogen-bond acceptors (Lipinski definition) is 5. The molecule has 1 aliphatic carbocycles. The molecular weight excluding hydrogens is 555 g/mol. The summed E-state index contributed by atoms with van der Waals surface area (Å²) in [5.74, 6) is -3.16. The SMILES string of the molecule is Br.COc1ccc(C2(C(=O)N3C[C@H](F)C[C@@H]3C(=O)Nc3ccc4[nH]ncc4n3)CCC(F)(F)CC2)cc1. The summed E-state index contributed by atoms with van der Waals surface area (Å²) in [4.78, 5) is 32.7. The van der Waals surface area contributed by atoms with Crippen LogP contribution in [0.15, 0.2) is 42.6 Å². The van der Waals surface area contributed by atoms with Gasteiger partial charge in [0.15, 0.2) is 0 Å². The quantitative estimate of drug-likeness (QED) is 0.460. The number of ether oxygens (including phenoxy) is 1. The van der Waals surface area contributed by atoms with Gasteiger partial charge in [0.1, 0.15) is 29.3 Å². The van der Waals surface area contributed by atoms with Crippen LogP contribution < -0.4 is 10.1 Å². The second-order valence-corrected chi connectivity index (χ2v) is 9.46. The highest BCUT2D eigenvalue weighted by Crippen LogP contribution is 2.47. The second-order valence-electron chi connectivity index (χ2n) is 9.46. The number of amides is 2. The van der Waals surface area contributed by atoms with E-state index in [1.807, 2.05) is 0 Å². The minimum atomic E-state index is -2.88. The van der Waals surface area contributed by atoms with E-state index in [1.165, 1.54) is 18.2 Å². The normalized spacial score (nSPS) is 22.3. The summed E-state index contributed by atoms with van der Waals surface area (Å²) in [7, 11) is 1.51. The summed E-state index contributed by atoms with van der Waals surface area (Å²) < 4.78 is 48.1. The van der Waals surface area contributed by atoms with Crippen LogP contribution in [0.3, 0.4) is 0 Å². The van der Waals surface area contributed by atoms with E-state index in [9.17, 15) is 22.8 Å². The Morgan fingerprint density at radius 1 is 1.11 bits per heavy atom. The number of likely N-dealkylation sites (tertiary alicyclic amines) is 1. The maximum Gasteiger partial charge on any atom is 0.248 e. The zero-order valence-corrected chi connectivity index (χ0v) is 21.8. The topological polar surface area (TPSA) is 100 Å². The predicted molar refractivity (Wildman–Crippen MR) is 136 cm³/mol. The molecule has 3 heterocycles. The number of H-pyrrole nitrogens is 1. The van der Waals surface area contributed by atoms with Crippen molar-refractivity contribution in [1.29, 1.82) is 0 Å². The molecule has 1 aliphatic heterocycles. The first-order valence-corrected chi connectivity index (χ1v) is 11.8. The smallest absolute Gasteiger partial charge is 0.248 e. The maximum atomic E-state index is 14.6. The van der Waals surface area contributed by atoms with E-state index >= 15 is 0 Å². The van der Waals surface area contributed by atoms with Gasteiger partial charge in [-0.2, -0.15) is 5.10 Å². The molecule has 3 aromatic rings. The summed E-state index contributed by atoms with van der Waals surface area (Å²) in [6.45, 7) is -0.278. The van der Waals surface area contributed by atoms with Crippen LogP contribution in [0.5, 0.6) is 5.75 Å². The lowest BCUT2D eigenvalue weighted by Gasteiger charge is -2.42. The van der Waals surface area contributed by atoms with Crippen molar-refractivity contribution < 1.29 is 27.5 Å². The molecule has 2 aromatic heterocycles. The van der Waals surface area contributed by atoms with Crippen LogP contribution in [0, 0.1) is 0 Å². The number of carbonyl (C=O) groups is 2. The standard InChI is InChI=1S/C25H26F3N5O3.BrH/c1-36-17-4-2-15(3-5-17)24(8-10-25(27,28)11-9-24)23(35)33-14-16(26)12-20(33)22(34)31-21-7-6-18-19(30-21)13-29-32-18;/h2-7,13,16,20H,8-12,14H2,1H3,(H,29,32)(H,30,31,34);1H/t16-,20-;/m1./s1. The highest BCUT2D eigenvalue weighted by atomic mass is 79.9. The average molecular weight is 582 g/mol. The van der Waals surface area contributed by atoms with Crippen molar-refractivity contribution in [3.05, 3.63) is 48.2 Å². The lowest BCUT2D eigenvalue weighted by Crippen LogP contribution is -2.54. The number of nitrogens with zero attached hydrogens (tertiary/aromatic N) is 3. The molecule has 2 atom stereocenters. The summed E-state index contributed by atoms with van der Waals surface area (Å²) in [5.41, 5.74) is 0.490. The minimum absolute atomic E-state index is 0. The second kappa shape index (κ2) is 10.3. The number of halogens is 4. The molecule has 0 unspecified atom stereocenters. The number of aromatic amines is 1. The van der Waals surface area contributed by atoms with Gasteiger partial charge in [-0.25, -0.2) is 18.2 Å². The van der Waals surface area contributed by atoms with Crippen LogP contribution in [0.25, 0.3) is 11.0 Å². The maximum absolute atomic E-state index is 14.6. The zero-order chi connectivity index (χ0) is 25.5. The highest BCUT2D eigenvalue weighted by Gasteiger charge is 2.53. The number of nitrogens with one attached hydrogen (secondary N) is 2. The third-order valence-electron chi connectivity index (χ3n) is 7.25. The fraction of sp³-hybridized carbons (Fsp3) is 0.440. The summed E-state index contributed by atoms with van der Waals surface area (Å²) in [5, 5.41) is 9.32. The van der Waals surface area contributed by atoms with E-state index in [0.29, 0.717) is 22.3 Å². The van der Waals surface area contributed by atoms with E-state index in [-0.39, 0.29) is 48.6 Å². The van der Waals surface area contributed by atoms with Crippen LogP contribution >= 0.6 is 17.0 Å². The number of methoxy groups -OCH3 is 1. The van der Waals surface area contributed by atoms with Crippen molar-refractivity contribution in [2.24, 2.45) is 0 Å². The Balaban J connectivity index is 0.00000320. The van der Waals surface area contributed by atoms with Crippen molar-refractivity contribution in [2.45, 2.75) is 55.7 Å². The van der Waals surface area contributed by atoms with Gasteiger partial charge in [-0.3, -0.25) is 14.7 Å². The Kier molecular flexibility index (Phi) is 7.50. The number of rotatable bonds is 5. The van der Waals surface area contributed by atoms with Gasteiger partial charge in [-0.15, -0.1) is 17.0 Å². The first-order valence-electron chi connectivity index (χ1n) is 11.8. The van der Waals surface area contributed by atoms with Crippen molar-refractivity contribution in [3.8, 4) is 5.75 Å². The molecule has 2 amide bonds. The predicted octanol–water partition coefficient (Wildman–Crippen LogP) is 4.57. The third-order valence-corrected chi connectivity index (χ3v) is 7.25. The molecule has 198 valence electrons. The average Bonchev–Trinajstić information content (AvgIpc) is 3.50. The Morgan fingerprint density at radius 2 is 1.81 bits per heavy atom. The van der Waals surface area contributed by atoms with E-state index in [1.54, 1.807) is 36.4 Å². The first-order chi connectivity index (χ1) is 17.2. The van der Waals surface area contributed by atoms with Crippen LogP contribution in [0.2, 0.25) is 0 Å². The molecule has 0 spiro atoms. The first kappa shape index (κ1) is 26.9. The number of fused-ring (bicyclic) bond motifs is 1. The fourth-order valence-corrected chi connectivity index (χ4v) is 5.22. The molecule has 1 aromatic carbocycles. The van der Waals surface area contributed by atoms with Crippen LogP contribution in [0.4, 0.5) is 19.0 Å². The molecule has 12 heteroatoms. The molecule has 1 saturated carbocycles. The van der Waals surface area contributed by atoms with Crippen molar-refractivity contribution in [2.75, 3.05) is 19.0 Å².